The summed E-state index contributed by atoms with van der Waals surface area (Å²) in [6.07, 6.45) is 3.35. The van der Waals surface area contributed by atoms with Crippen molar-refractivity contribution in [2.24, 2.45) is 5.92 Å². The van der Waals surface area contributed by atoms with Crippen molar-refractivity contribution in [1.82, 2.24) is 4.90 Å². The zero-order valence-electron chi connectivity index (χ0n) is 20.8. The zero-order valence-corrected chi connectivity index (χ0v) is 20.8. The molecule has 2 aromatic rings. The van der Waals surface area contributed by atoms with Gasteiger partial charge in [0.25, 0.3) is 0 Å². The molecular weight excluding hydrogens is 430 g/mol. The van der Waals surface area contributed by atoms with Crippen molar-refractivity contribution in [3.63, 3.8) is 0 Å². The van der Waals surface area contributed by atoms with Gasteiger partial charge in [0.1, 0.15) is 5.75 Å². The number of hydrogen-bond donors (Lipinski definition) is 0. The molecule has 4 rings (SSSR count). The third-order valence-electron chi connectivity index (χ3n) is 7.25. The molecule has 0 saturated carbocycles. The number of fused-ring (bicyclic) bond motifs is 1. The quantitative estimate of drug-likeness (QED) is 0.499. The highest BCUT2D eigenvalue weighted by Crippen LogP contribution is 2.45. The SMILES string of the molecule is CCC(=O)N(CCC1(c2ccccc2OC)CCOC(C(C)C)C1)Cc1ccc2c(c1)OCO2. The summed E-state index contributed by atoms with van der Waals surface area (Å²) >= 11 is 0. The molecule has 0 aromatic heterocycles. The highest BCUT2D eigenvalue weighted by atomic mass is 16.7. The number of rotatable bonds is 9. The second-order valence-corrected chi connectivity index (χ2v) is 9.69. The number of methoxy groups -OCH3 is 1. The first kappa shape index (κ1) is 24.4. The van der Waals surface area contributed by atoms with Crippen molar-refractivity contribution in [3.05, 3.63) is 53.6 Å². The summed E-state index contributed by atoms with van der Waals surface area (Å²) in [5.74, 6) is 3.00. The second-order valence-electron chi connectivity index (χ2n) is 9.69. The van der Waals surface area contributed by atoms with E-state index in [1.807, 2.05) is 42.2 Å². The molecule has 0 radical (unpaired) electrons. The first-order valence-corrected chi connectivity index (χ1v) is 12.4. The van der Waals surface area contributed by atoms with Crippen LogP contribution < -0.4 is 14.2 Å². The molecule has 0 bridgehead atoms. The van der Waals surface area contributed by atoms with Gasteiger partial charge in [-0.25, -0.2) is 0 Å². The van der Waals surface area contributed by atoms with Gasteiger partial charge in [0.15, 0.2) is 11.5 Å². The van der Waals surface area contributed by atoms with Gasteiger partial charge in [-0.3, -0.25) is 4.79 Å². The Morgan fingerprint density at radius 3 is 2.74 bits per heavy atom. The van der Waals surface area contributed by atoms with Crippen LogP contribution in [0.3, 0.4) is 0 Å². The molecule has 34 heavy (non-hydrogen) atoms. The van der Waals surface area contributed by atoms with Crippen molar-refractivity contribution >= 4 is 5.91 Å². The third-order valence-corrected chi connectivity index (χ3v) is 7.25. The minimum absolute atomic E-state index is 0.110. The Labute approximate surface area is 203 Å². The highest BCUT2D eigenvalue weighted by Gasteiger charge is 2.41. The average molecular weight is 468 g/mol. The molecule has 0 N–H and O–H groups in total. The molecule has 1 saturated heterocycles. The van der Waals surface area contributed by atoms with Crippen molar-refractivity contribution in [1.29, 1.82) is 0 Å². The maximum Gasteiger partial charge on any atom is 0.231 e. The van der Waals surface area contributed by atoms with Crippen LogP contribution >= 0.6 is 0 Å². The fraction of sp³-hybridized carbons (Fsp3) is 0.536. The van der Waals surface area contributed by atoms with Gasteiger partial charge in [-0.15, -0.1) is 0 Å². The molecule has 6 nitrogen and oxygen atoms in total. The lowest BCUT2D eigenvalue weighted by Gasteiger charge is -2.44. The van der Waals surface area contributed by atoms with Gasteiger partial charge in [-0.2, -0.15) is 0 Å². The Kier molecular flexibility index (Phi) is 7.67. The number of ether oxygens (including phenoxy) is 4. The normalized spacial score (nSPS) is 21.5. The van der Waals surface area contributed by atoms with E-state index in [1.54, 1.807) is 7.11 Å². The van der Waals surface area contributed by atoms with Gasteiger partial charge in [0, 0.05) is 37.1 Å². The molecule has 2 heterocycles. The van der Waals surface area contributed by atoms with Crippen molar-refractivity contribution in [2.75, 3.05) is 27.1 Å². The number of hydrogen-bond acceptors (Lipinski definition) is 5. The van der Waals surface area contributed by atoms with E-state index >= 15 is 0 Å². The van der Waals surface area contributed by atoms with Gasteiger partial charge in [-0.05, 0) is 48.9 Å². The van der Waals surface area contributed by atoms with E-state index in [1.165, 1.54) is 5.56 Å². The summed E-state index contributed by atoms with van der Waals surface area (Å²) in [6.45, 7) is 8.54. The van der Waals surface area contributed by atoms with E-state index in [0.717, 1.165) is 42.1 Å². The number of nitrogens with zero attached hydrogens (tertiary/aromatic N) is 1. The second kappa shape index (κ2) is 10.7. The summed E-state index contributed by atoms with van der Waals surface area (Å²) in [7, 11) is 1.73. The fourth-order valence-electron chi connectivity index (χ4n) is 5.19. The van der Waals surface area contributed by atoms with Crippen LogP contribution in [-0.4, -0.2) is 44.0 Å². The first-order chi connectivity index (χ1) is 16.5. The van der Waals surface area contributed by atoms with E-state index in [9.17, 15) is 4.79 Å². The Hall–Kier alpha value is -2.73. The number of benzene rings is 2. The monoisotopic (exact) mass is 467 g/mol. The molecule has 184 valence electrons. The molecule has 2 atom stereocenters. The lowest BCUT2D eigenvalue weighted by Crippen LogP contribution is -2.44. The van der Waals surface area contributed by atoms with Gasteiger partial charge < -0.3 is 23.8 Å². The Morgan fingerprint density at radius 2 is 1.97 bits per heavy atom. The van der Waals surface area contributed by atoms with Gasteiger partial charge in [0.05, 0.1) is 13.2 Å². The maximum absolute atomic E-state index is 13.0. The topological polar surface area (TPSA) is 57.2 Å². The number of amides is 1. The van der Waals surface area contributed by atoms with Crippen LogP contribution in [-0.2, 0) is 21.5 Å². The van der Waals surface area contributed by atoms with Crippen LogP contribution in [0, 0.1) is 5.92 Å². The Balaban J connectivity index is 1.59. The van der Waals surface area contributed by atoms with Gasteiger partial charge >= 0.3 is 0 Å². The molecule has 6 heteroatoms. The predicted molar refractivity (Wildman–Crippen MR) is 131 cm³/mol. The smallest absolute Gasteiger partial charge is 0.231 e. The number of carbonyl (C=O) groups is 1. The van der Waals surface area contributed by atoms with Gasteiger partial charge in [0.2, 0.25) is 12.7 Å². The summed E-state index contributed by atoms with van der Waals surface area (Å²) < 4.78 is 22.9. The minimum Gasteiger partial charge on any atom is -0.496 e. The summed E-state index contributed by atoms with van der Waals surface area (Å²) in [5.41, 5.74) is 2.16. The molecule has 2 unspecified atom stereocenters. The van der Waals surface area contributed by atoms with Crippen LogP contribution in [0.2, 0.25) is 0 Å². The summed E-state index contributed by atoms with van der Waals surface area (Å²) in [4.78, 5) is 15.0. The summed E-state index contributed by atoms with van der Waals surface area (Å²) in [6, 6.07) is 14.3. The van der Waals surface area contributed by atoms with E-state index in [-0.39, 0.29) is 24.2 Å². The lowest BCUT2D eigenvalue weighted by atomic mass is 9.68. The molecule has 0 aliphatic carbocycles. The third kappa shape index (κ3) is 5.17. The van der Waals surface area contributed by atoms with Gasteiger partial charge in [-0.1, -0.05) is 45.0 Å². The average Bonchev–Trinajstić information content (AvgIpc) is 3.34. The van der Waals surface area contributed by atoms with E-state index in [4.69, 9.17) is 18.9 Å². The first-order valence-electron chi connectivity index (χ1n) is 12.4. The van der Waals surface area contributed by atoms with Crippen LogP contribution in [0.15, 0.2) is 42.5 Å². The van der Waals surface area contributed by atoms with Crippen LogP contribution in [0.5, 0.6) is 17.2 Å². The van der Waals surface area contributed by atoms with E-state index < -0.39 is 0 Å². The molecule has 2 aliphatic rings. The minimum atomic E-state index is -0.110. The van der Waals surface area contributed by atoms with Crippen molar-refractivity contribution < 1.29 is 23.7 Å². The zero-order chi connectivity index (χ0) is 24.1. The largest absolute Gasteiger partial charge is 0.496 e. The van der Waals surface area contributed by atoms with Crippen LogP contribution in [0.4, 0.5) is 0 Å². The molecule has 0 spiro atoms. The van der Waals surface area contributed by atoms with E-state index in [2.05, 4.69) is 26.0 Å². The molecule has 1 fully saturated rings. The van der Waals surface area contributed by atoms with E-state index in [0.29, 0.717) is 32.0 Å². The number of para-hydroxylation sites is 1. The maximum atomic E-state index is 13.0. The fourth-order valence-corrected chi connectivity index (χ4v) is 5.19. The van der Waals surface area contributed by atoms with Crippen LogP contribution in [0.1, 0.15) is 57.6 Å². The van der Waals surface area contributed by atoms with Crippen molar-refractivity contribution in [3.8, 4) is 17.2 Å². The molecule has 2 aromatic carbocycles. The lowest BCUT2D eigenvalue weighted by molar-refractivity contribution is -0.132. The Morgan fingerprint density at radius 1 is 1.18 bits per heavy atom. The summed E-state index contributed by atoms with van der Waals surface area (Å²) in [5, 5.41) is 0. The molecule has 1 amide bonds. The molecule has 2 aliphatic heterocycles. The van der Waals surface area contributed by atoms with Crippen molar-refractivity contribution in [2.45, 2.75) is 64.5 Å². The highest BCUT2D eigenvalue weighted by molar-refractivity contribution is 5.75. The standard InChI is InChI=1S/C28H37NO5/c1-5-27(30)29(18-21-10-11-24-25(16-21)34-19-33-24)14-12-28(13-15-32-26(17-28)20(2)3)22-8-6-7-9-23(22)31-4/h6-11,16,20,26H,5,12-15,17-19H2,1-4H3. The Bertz CT molecular complexity index is 991. The predicted octanol–water partition coefficient (Wildman–Crippen LogP) is 5.33. The molecular formula is C28H37NO5. The number of carbonyl (C=O) groups excluding carboxylic acids is 1. The van der Waals surface area contributed by atoms with Crippen LogP contribution in [0.25, 0.3) is 0 Å².